The first-order chi connectivity index (χ1) is 9.95. The van der Waals surface area contributed by atoms with Gasteiger partial charge in [-0.25, -0.2) is 13.4 Å². The maximum Gasteiger partial charge on any atom is 0.244 e. The minimum Gasteiger partial charge on any atom is -0.372 e. The second-order valence-electron chi connectivity index (χ2n) is 4.33. The second kappa shape index (κ2) is 6.38. The summed E-state index contributed by atoms with van der Waals surface area (Å²) in [5, 5.41) is 3.04. The van der Waals surface area contributed by atoms with Crippen LogP contribution in [0.1, 0.15) is 5.69 Å². The van der Waals surface area contributed by atoms with Gasteiger partial charge in [0.05, 0.1) is 17.3 Å². The predicted octanol–water partition coefficient (Wildman–Crippen LogP) is 1.99. The molecule has 0 aliphatic rings. The lowest BCUT2D eigenvalue weighted by atomic mass is 10.3. The summed E-state index contributed by atoms with van der Waals surface area (Å²) >= 11 is 5.98. The largest absolute Gasteiger partial charge is 0.372 e. The lowest BCUT2D eigenvalue weighted by Gasteiger charge is -2.17. The van der Waals surface area contributed by atoms with Crippen molar-refractivity contribution in [2.45, 2.75) is 11.4 Å². The Morgan fingerprint density at radius 2 is 2.10 bits per heavy atom. The van der Waals surface area contributed by atoms with Crippen molar-refractivity contribution in [2.24, 2.45) is 0 Å². The van der Waals surface area contributed by atoms with E-state index in [0.717, 1.165) is 0 Å². The molecule has 0 unspecified atom stereocenters. The fourth-order valence-electron chi connectivity index (χ4n) is 1.73. The van der Waals surface area contributed by atoms with Gasteiger partial charge in [0.2, 0.25) is 10.0 Å². The molecule has 0 spiro atoms. The number of nitrogens with zero attached hydrogens (tertiary/aromatic N) is 3. The molecule has 2 rings (SSSR count). The molecule has 2 heterocycles. The topological polar surface area (TPSA) is 75.2 Å². The van der Waals surface area contributed by atoms with E-state index >= 15 is 0 Å². The summed E-state index contributed by atoms with van der Waals surface area (Å²) in [6, 6.07) is 6.73. The molecule has 0 saturated carbocycles. The summed E-state index contributed by atoms with van der Waals surface area (Å²) in [7, 11) is -0.514. The van der Waals surface area contributed by atoms with Gasteiger partial charge in [0.15, 0.2) is 0 Å². The zero-order chi connectivity index (χ0) is 15.5. The Bertz CT molecular complexity index is 722. The number of sulfonamides is 1. The zero-order valence-electron chi connectivity index (χ0n) is 11.6. The third-order valence-electron chi connectivity index (χ3n) is 2.87. The van der Waals surface area contributed by atoms with Crippen LogP contribution < -0.4 is 5.32 Å². The van der Waals surface area contributed by atoms with Crippen molar-refractivity contribution in [1.29, 1.82) is 0 Å². The second-order valence-corrected chi connectivity index (χ2v) is 6.79. The number of aromatic nitrogens is 2. The van der Waals surface area contributed by atoms with Crippen molar-refractivity contribution in [3.05, 3.63) is 47.4 Å². The van der Waals surface area contributed by atoms with Crippen LogP contribution in [0.3, 0.4) is 0 Å². The Morgan fingerprint density at radius 1 is 1.33 bits per heavy atom. The molecule has 21 heavy (non-hydrogen) atoms. The van der Waals surface area contributed by atoms with Crippen molar-refractivity contribution in [3.63, 3.8) is 0 Å². The Hall–Kier alpha value is -1.70. The van der Waals surface area contributed by atoms with E-state index in [9.17, 15) is 8.42 Å². The average Bonchev–Trinajstić information content (AvgIpc) is 2.48. The molecule has 0 amide bonds. The highest BCUT2D eigenvalue weighted by Gasteiger charge is 2.22. The third kappa shape index (κ3) is 3.49. The van der Waals surface area contributed by atoms with Crippen LogP contribution in [0.25, 0.3) is 0 Å². The zero-order valence-corrected chi connectivity index (χ0v) is 13.2. The van der Waals surface area contributed by atoms with Gasteiger partial charge in [0.1, 0.15) is 10.7 Å². The summed E-state index contributed by atoms with van der Waals surface area (Å²) in [6.07, 6.45) is 2.90. The minimum absolute atomic E-state index is 0.0462. The number of hydrogen-bond acceptors (Lipinski definition) is 5. The molecule has 0 aliphatic carbocycles. The van der Waals surface area contributed by atoms with Gasteiger partial charge in [0, 0.05) is 26.5 Å². The van der Waals surface area contributed by atoms with Crippen LogP contribution in [0.5, 0.6) is 0 Å². The highest BCUT2D eigenvalue weighted by molar-refractivity contribution is 7.89. The molecule has 0 aromatic carbocycles. The lowest BCUT2D eigenvalue weighted by Crippen LogP contribution is -2.27. The number of halogens is 1. The number of rotatable bonds is 5. The molecule has 0 saturated heterocycles. The smallest absolute Gasteiger partial charge is 0.244 e. The highest BCUT2D eigenvalue weighted by Crippen LogP contribution is 2.24. The van der Waals surface area contributed by atoms with Crippen LogP contribution in [0, 0.1) is 0 Å². The standard InChI is InChI=1S/C13H15ClN4O2S/c1-15-13-12(14)7-11(8-17-13)21(19,20)18(2)9-10-5-3-4-6-16-10/h3-8H,9H2,1-2H3,(H,15,17). The van der Waals surface area contributed by atoms with Crippen molar-refractivity contribution in [3.8, 4) is 0 Å². The summed E-state index contributed by atoms with van der Waals surface area (Å²) < 4.78 is 26.1. The van der Waals surface area contributed by atoms with Crippen molar-refractivity contribution in [2.75, 3.05) is 19.4 Å². The lowest BCUT2D eigenvalue weighted by molar-refractivity contribution is 0.462. The molecule has 2 aromatic rings. The SMILES string of the molecule is CNc1ncc(S(=O)(=O)N(C)Cc2ccccn2)cc1Cl. The van der Waals surface area contributed by atoms with Gasteiger partial charge in [-0.1, -0.05) is 17.7 Å². The van der Waals surface area contributed by atoms with E-state index in [1.807, 2.05) is 6.07 Å². The summed E-state index contributed by atoms with van der Waals surface area (Å²) in [6.45, 7) is 0.175. The van der Waals surface area contributed by atoms with E-state index in [1.54, 1.807) is 25.4 Å². The van der Waals surface area contributed by atoms with Crippen LogP contribution >= 0.6 is 11.6 Å². The summed E-state index contributed by atoms with van der Waals surface area (Å²) in [5.41, 5.74) is 0.662. The molecule has 0 atom stereocenters. The fourth-order valence-corrected chi connectivity index (χ4v) is 3.17. The van der Waals surface area contributed by atoms with Gasteiger partial charge < -0.3 is 5.32 Å². The average molecular weight is 327 g/mol. The van der Waals surface area contributed by atoms with E-state index in [1.165, 1.54) is 23.6 Å². The van der Waals surface area contributed by atoms with E-state index in [-0.39, 0.29) is 16.5 Å². The van der Waals surface area contributed by atoms with Crippen molar-refractivity contribution in [1.82, 2.24) is 14.3 Å². The summed E-state index contributed by atoms with van der Waals surface area (Å²) in [4.78, 5) is 8.15. The molecule has 1 N–H and O–H groups in total. The summed E-state index contributed by atoms with van der Waals surface area (Å²) in [5.74, 6) is 0.433. The molecule has 112 valence electrons. The van der Waals surface area contributed by atoms with Crippen LogP contribution in [0.4, 0.5) is 5.82 Å². The Labute approximate surface area is 128 Å². The van der Waals surface area contributed by atoms with Crippen LogP contribution in [-0.4, -0.2) is 36.8 Å². The van der Waals surface area contributed by atoms with Gasteiger partial charge >= 0.3 is 0 Å². The molecule has 0 radical (unpaired) electrons. The van der Waals surface area contributed by atoms with E-state index in [2.05, 4.69) is 15.3 Å². The predicted molar refractivity (Wildman–Crippen MR) is 81.7 cm³/mol. The number of nitrogens with one attached hydrogen (secondary N) is 1. The first kappa shape index (κ1) is 15.7. The highest BCUT2D eigenvalue weighted by atomic mass is 35.5. The molecule has 0 aliphatic heterocycles. The monoisotopic (exact) mass is 326 g/mol. The maximum atomic E-state index is 12.5. The van der Waals surface area contributed by atoms with Gasteiger partial charge in [-0.2, -0.15) is 4.31 Å². The molecule has 6 nitrogen and oxygen atoms in total. The number of hydrogen-bond donors (Lipinski definition) is 1. The Morgan fingerprint density at radius 3 is 2.67 bits per heavy atom. The minimum atomic E-state index is -3.67. The van der Waals surface area contributed by atoms with Crippen LogP contribution in [0.2, 0.25) is 5.02 Å². The Balaban J connectivity index is 2.27. The van der Waals surface area contributed by atoms with Gasteiger partial charge in [0.25, 0.3) is 0 Å². The van der Waals surface area contributed by atoms with Crippen molar-refractivity contribution < 1.29 is 8.42 Å². The van der Waals surface area contributed by atoms with Crippen LogP contribution in [-0.2, 0) is 16.6 Å². The number of pyridine rings is 2. The quantitative estimate of drug-likeness (QED) is 0.909. The number of anilines is 1. The third-order valence-corrected chi connectivity index (χ3v) is 4.93. The molecular weight excluding hydrogens is 312 g/mol. The maximum absolute atomic E-state index is 12.5. The molecule has 2 aromatic heterocycles. The van der Waals surface area contributed by atoms with E-state index in [4.69, 9.17) is 11.6 Å². The molecule has 0 fully saturated rings. The molecule has 8 heteroatoms. The van der Waals surface area contributed by atoms with Crippen LogP contribution in [0.15, 0.2) is 41.6 Å². The Kier molecular flexibility index (Phi) is 4.76. The first-order valence-corrected chi connectivity index (χ1v) is 7.96. The van der Waals surface area contributed by atoms with Gasteiger partial charge in [-0.05, 0) is 18.2 Å². The van der Waals surface area contributed by atoms with Gasteiger partial charge in [-0.15, -0.1) is 0 Å². The normalized spacial score (nSPS) is 11.6. The fraction of sp³-hybridized carbons (Fsp3) is 0.231. The first-order valence-electron chi connectivity index (χ1n) is 6.14. The van der Waals surface area contributed by atoms with E-state index in [0.29, 0.717) is 11.5 Å². The molecule has 0 bridgehead atoms. The van der Waals surface area contributed by atoms with Gasteiger partial charge in [-0.3, -0.25) is 4.98 Å². The van der Waals surface area contributed by atoms with Crippen molar-refractivity contribution >= 4 is 27.4 Å². The molecular formula is C13H15ClN4O2S. The van der Waals surface area contributed by atoms with E-state index < -0.39 is 10.0 Å².